The second kappa shape index (κ2) is 7.05. The van der Waals surface area contributed by atoms with Crippen LogP contribution < -0.4 is 5.56 Å². The predicted molar refractivity (Wildman–Crippen MR) is 114 cm³/mol. The molecule has 0 aliphatic carbocycles. The molecule has 0 N–H and O–H groups in total. The van der Waals surface area contributed by atoms with Crippen molar-refractivity contribution in [3.8, 4) is 11.1 Å². The smallest absolute Gasteiger partial charge is 0.251 e. The van der Waals surface area contributed by atoms with E-state index in [0.717, 1.165) is 33.5 Å². The molecule has 0 fully saturated rings. The lowest BCUT2D eigenvalue weighted by molar-refractivity contribution is 0.906. The normalized spacial score (nSPS) is 11.1. The molecule has 0 aliphatic heterocycles. The molecule has 0 unspecified atom stereocenters. The summed E-state index contributed by atoms with van der Waals surface area (Å²) in [6.07, 6.45) is 0.823. The highest BCUT2D eigenvalue weighted by Gasteiger charge is 2.10. The highest BCUT2D eigenvalue weighted by molar-refractivity contribution is 6.30. The lowest BCUT2D eigenvalue weighted by Gasteiger charge is -2.13. The number of halogens is 1. The Balaban J connectivity index is 1.88. The molecule has 4 aromatic rings. The third-order valence-electron chi connectivity index (χ3n) is 4.96. The number of hydrogen-bond acceptors (Lipinski definition) is 1. The number of rotatable bonds is 3. The fourth-order valence-corrected chi connectivity index (χ4v) is 3.63. The quantitative estimate of drug-likeness (QED) is 0.447. The largest absolute Gasteiger partial charge is 0.311 e. The molecule has 0 atom stereocenters. The summed E-state index contributed by atoms with van der Waals surface area (Å²) in [5.74, 6) is 0. The van der Waals surface area contributed by atoms with Crippen molar-refractivity contribution in [1.82, 2.24) is 4.57 Å². The van der Waals surface area contributed by atoms with Crippen molar-refractivity contribution >= 4 is 22.5 Å². The van der Waals surface area contributed by atoms with Gasteiger partial charge in [0.2, 0.25) is 0 Å². The maximum Gasteiger partial charge on any atom is 0.251 e. The van der Waals surface area contributed by atoms with Crippen LogP contribution in [-0.2, 0) is 13.5 Å². The van der Waals surface area contributed by atoms with E-state index in [2.05, 4.69) is 49.4 Å². The summed E-state index contributed by atoms with van der Waals surface area (Å²) < 4.78 is 1.71. The Hall–Kier alpha value is -2.84. The van der Waals surface area contributed by atoms with Gasteiger partial charge in [-0.2, -0.15) is 0 Å². The van der Waals surface area contributed by atoms with Crippen molar-refractivity contribution in [3.05, 3.63) is 105 Å². The van der Waals surface area contributed by atoms with Gasteiger partial charge in [-0.3, -0.25) is 4.79 Å². The maximum atomic E-state index is 12.5. The van der Waals surface area contributed by atoms with Gasteiger partial charge in [-0.25, -0.2) is 0 Å². The fourth-order valence-electron chi connectivity index (χ4n) is 3.51. The molecule has 3 aromatic carbocycles. The molecular weight excluding hydrogens is 354 g/mol. The Kier molecular flexibility index (Phi) is 4.59. The molecular formula is C24H20ClNO. The average molecular weight is 374 g/mol. The first kappa shape index (κ1) is 17.6. The number of hydrogen-bond donors (Lipinski definition) is 0. The van der Waals surface area contributed by atoms with E-state index in [1.165, 1.54) is 16.7 Å². The Bertz CT molecular complexity index is 1190. The molecule has 1 aromatic heterocycles. The van der Waals surface area contributed by atoms with Crippen LogP contribution in [0.3, 0.4) is 0 Å². The molecule has 1 heterocycles. The summed E-state index contributed by atoms with van der Waals surface area (Å²) in [5, 5.41) is 1.84. The van der Waals surface area contributed by atoms with Crippen molar-refractivity contribution < 1.29 is 0 Å². The predicted octanol–water partition coefficient (Wildman–Crippen LogP) is 5.76. The molecule has 2 nitrogen and oxygen atoms in total. The van der Waals surface area contributed by atoms with Gasteiger partial charge in [-0.05, 0) is 59.9 Å². The van der Waals surface area contributed by atoms with Crippen molar-refractivity contribution in [1.29, 1.82) is 0 Å². The van der Waals surface area contributed by atoms with Crippen molar-refractivity contribution in [3.63, 3.8) is 0 Å². The molecule has 0 saturated carbocycles. The number of pyridine rings is 1. The molecule has 3 heteroatoms. The second-order valence-electron chi connectivity index (χ2n) is 6.98. The van der Waals surface area contributed by atoms with Crippen LogP contribution in [0, 0.1) is 6.92 Å². The third kappa shape index (κ3) is 3.54. The summed E-state index contributed by atoms with van der Waals surface area (Å²) in [5.41, 5.74) is 6.59. The lowest BCUT2D eigenvalue weighted by Crippen LogP contribution is -2.16. The summed E-state index contributed by atoms with van der Waals surface area (Å²) in [6, 6.07) is 24.3. The van der Waals surface area contributed by atoms with Gasteiger partial charge in [-0.15, -0.1) is 0 Å². The van der Waals surface area contributed by atoms with Gasteiger partial charge in [0, 0.05) is 23.5 Å². The molecule has 4 rings (SSSR count). The van der Waals surface area contributed by atoms with Crippen molar-refractivity contribution in [2.45, 2.75) is 13.3 Å². The van der Waals surface area contributed by atoms with Gasteiger partial charge in [0.1, 0.15) is 0 Å². The summed E-state index contributed by atoms with van der Waals surface area (Å²) in [6.45, 7) is 2.07. The Morgan fingerprint density at radius 2 is 1.63 bits per heavy atom. The molecule has 0 radical (unpaired) electrons. The monoisotopic (exact) mass is 373 g/mol. The van der Waals surface area contributed by atoms with Crippen LogP contribution in [0.2, 0.25) is 5.02 Å². The zero-order valence-corrected chi connectivity index (χ0v) is 16.1. The molecule has 0 bridgehead atoms. The van der Waals surface area contributed by atoms with Gasteiger partial charge in [0.25, 0.3) is 5.56 Å². The van der Waals surface area contributed by atoms with Gasteiger partial charge in [0.05, 0.1) is 5.52 Å². The highest BCUT2D eigenvalue weighted by atomic mass is 35.5. The summed E-state index contributed by atoms with van der Waals surface area (Å²) in [4.78, 5) is 12.5. The molecule has 0 saturated heterocycles. The first-order valence-corrected chi connectivity index (χ1v) is 9.33. The summed E-state index contributed by atoms with van der Waals surface area (Å²) >= 11 is 5.99. The molecule has 0 amide bonds. The highest BCUT2D eigenvalue weighted by Crippen LogP contribution is 2.29. The van der Waals surface area contributed by atoms with Gasteiger partial charge in [0.15, 0.2) is 0 Å². The zero-order chi connectivity index (χ0) is 19.0. The summed E-state index contributed by atoms with van der Waals surface area (Å²) in [7, 11) is 1.82. The number of aromatic nitrogens is 1. The fraction of sp³-hybridized carbons (Fsp3) is 0.125. The van der Waals surface area contributed by atoms with Crippen LogP contribution in [0.5, 0.6) is 0 Å². The number of nitrogens with zero attached hydrogens (tertiary/aromatic N) is 1. The lowest BCUT2D eigenvalue weighted by atomic mass is 9.96. The molecule has 27 heavy (non-hydrogen) atoms. The van der Waals surface area contributed by atoms with Crippen molar-refractivity contribution in [2.24, 2.45) is 7.05 Å². The Labute approximate surface area is 163 Å². The maximum absolute atomic E-state index is 12.5. The number of aryl methyl sites for hydroxylation is 2. The van der Waals surface area contributed by atoms with Crippen LogP contribution in [-0.4, -0.2) is 4.57 Å². The van der Waals surface area contributed by atoms with Crippen LogP contribution in [0.25, 0.3) is 22.0 Å². The van der Waals surface area contributed by atoms with E-state index < -0.39 is 0 Å². The molecule has 134 valence electrons. The first-order chi connectivity index (χ1) is 13.0. The van der Waals surface area contributed by atoms with Crippen LogP contribution in [0.1, 0.15) is 16.7 Å². The van der Waals surface area contributed by atoms with Crippen LogP contribution >= 0.6 is 11.6 Å². The SMILES string of the molecule is Cc1cccc(-c2cc(=O)n(C)c3ccc(Cc4ccc(Cl)cc4)cc23)c1. The molecule has 0 spiro atoms. The minimum atomic E-state index is 0.00413. The van der Waals surface area contributed by atoms with Crippen LogP contribution in [0.15, 0.2) is 77.6 Å². The molecule has 0 aliphatic rings. The van der Waals surface area contributed by atoms with Crippen molar-refractivity contribution in [2.75, 3.05) is 0 Å². The van der Waals surface area contributed by atoms with E-state index in [0.29, 0.717) is 0 Å². The third-order valence-corrected chi connectivity index (χ3v) is 5.21. The van der Waals surface area contributed by atoms with Gasteiger partial charge in [-0.1, -0.05) is 59.6 Å². The minimum Gasteiger partial charge on any atom is -0.311 e. The van der Waals surface area contributed by atoms with Crippen LogP contribution in [0.4, 0.5) is 0 Å². The van der Waals surface area contributed by atoms with E-state index in [-0.39, 0.29) is 5.56 Å². The van der Waals surface area contributed by atoms with E-state index in [9.17, 15) is 4.79 Å². The van der Waals surface area contributed by atoms with E-state index in [1.807, 2.05) is 31.3 Å². The second-order valence-corrected chi connectivity index (χ2v) is 7.42. The minimum absolute atomic E-state index is 0.00413. The standard InChI is InChI=1S/C24H20ClNO/c1-16-4-3-5-19(12-16)21-15-24(27)26(2)23-11-8-18(14-22(21)23)13-17-6-9-20(25)10-7-17/h3-12,14-15H,13H2,1-2H3. The first-order valence-electron chi connectivity index (χ1n) is 8.95. The topological polar surface area (TPSA) is 22.0 Å². The Morgan fingerprint density at radius 3 is 2.37 bits per heavy atom. The van der Waals surface area contributed by atoms with Gasteiger partial charge >= 0.3 is 0 Å². The zero-order valence-electron chi connectivity index (χ0n) is 15.4. The Morgan fingerprint density at radius 1 is 0.889 bits per heavy atom. The van der Waals surface area contributed by atoms with E-state index in [4.69, 9.17) is 11.6 Å². The number of benzene rings is 3. The average Bonchev–Trinajstić information content (AvgIpc) is 2.66. The van der Waals surface area contributed by atoms with Gasteiger partial charge < -0.3 is 4.57 Å². The van der Waals surface area contributed by atoms with E-state index >= 15 is 0 Å². The van der Waals surface area contributed by atoms with E-state index in [1.54, 1.807) is 10.6 Å². The number of fused-ring (bicyclic) bond motifs is 1.